The summed E-state index contributed by atoms with van der Waals surface area (Å²) in [6, 6.07) is 0. The highest BCUT2D eigenvalue weighted by Gasteiger charge is 2.12. The number of carbonyl (C=O) groups is 1. The van der Waals surface area contributed by atoms with E-state index < -0.39 is 4.84 Å². The molecule has 3 nitrogen and oxygen atoms in total. The molecule has 0 spiro atoms. The van der Waals surface area contributed by atoms with Crippen molar-refractivity contribution >= 4 is 34.7 Å². The zero-order chi connectivity index (χ0) is 8.15. The van der Waals surface area contributed by atoms with Crippen molar-refractivity contribution in [1.29, 1.82) is 0 Å². The SMILES string of the molecule is C/C(CC(=O)C(Cl)Cl)=N\O. The monoisotopic (exact) mass is 183 g/mol. The third-order valence-corrected chi connectivity index (χ3v) is 1.33. The second-order valence-electron chi connectivity index (χ2n) is 1.78. The first kappa shape index (κ1) is 9.72. The van der Waals surface area contributed by atoms with Crippen LogP contribution in [0.15, 0.2) is 5.16 Å². The lowest BCUT2D eigenvalue weighted by atomic mass is 10.2. The summed E-state index contributed by atoms with van der Waals surface area (Å²) in [5.74, 6) is -0.362. The van der Waals surface area contributed by atoms with Gasteiger partial charge < -0.3 is 5.21 Å². The highest BCUT2D eigenvalue weighted by Crippen LogP contribution is 2.05. The summed E-state index contributed by atoms with van der Waals surface area (Å²) in [4.78, 5) is 9.63. The van der Waals surface area contributed by atoms with Crippen LogP contribution < -0.4 is 0 Å². The fourth-order valence-corrected chi connectivity index (χ4v) is 0.519. The van der Waals surface area contributed by atoms with Gasteiger partial charge in [-0.05, 0) is 6.92 Å². The van der Waals surface area contributed by atoms with Crippen molar-refractivity contribution < 1.29 is 10.0 Å². The summed E-state index contributed by atoms with van der Waals surface area (Å²) in [6.07, 6.45) is -0.00579. The van der Waals surface area contributed by atoms with Crippen LogP contribution in [0.3, 0.4) is 0 Å². The number of oxime groups is 1. The Morgan fingerprint density at radius 2 is 2.20 bits per heavy atom. The summed E-state index contributed by atoms with van der Waals surface area (Å²) in [5, 5.41) is 10.9. The van der Waals surface area contributed by atoms with Gasteiger partial charge in [-0.3, -0.25) is 4.79 Å². The van der Waals surface area contributed by atoms with Crippen molar-refractivity contribution in [2.24, 2.45) is 5.16 Å². The lowest BCUT2D eigenvalue weighted by molar-refractivity contribution is -0.116. The average Bonchev–Trinajstić information content (AvgIpc) is 1.87. The molecule has 58 valence electrons. The van der Waals surface area contributed by atoms with E-state index >= 15 is 0 Å². The molecule has 0 aliphatic heterocycles. The zero-order valence-corrected chi connectivity index (χ0v) is 6.85. The number of halogens is 2. The van der Waals surface area contributed by atoms with Crippen molar-refractivity contribution in [2.75, 3.05) is 0 Å². The number of Topliss-reactive ketones (excluding diaryl/α,β-unsaturated/α-hetero) is 1. The molecule has 0 aromatic rings. The largest absolute Gasteiger partial charge is 0.411 e. The molecule has 0 heterocycles. The average molecular weight is 184 g/mol. The molecule has 0 aromatic heterocycles. The number of nitrogens with zero attached hydrogens (tertiary/aromatic N) is 1. The van der Waals surface area contributed by atoms with E-state index in [2.05, 4.69) is 5.16 Å². The number of hydrogen-bond acceptors (Lipinski definition) is 3. The lowest BCUT2D eigenvalue weighted by Crippen LogP contribution is -2.11. The summed E-state index contributed by atoms with van der Waals surface area (Å²) in [5.41, 5.74) is 0.302. The Labute approximate surface area is 68.6 Å². The van der Waals surface area contributed by atoms with Gasteiger partial charge in [0.15, 0.2) is 10.6 Å². The molecule has 0 bridgehead atoms. The summed E-state index contributed by atoms with van der Waals surface area (Å²) >= 11 is 10.4. The highest BCUT2D eigenvalue weighted by molar-refractivity contribution is 6.54. The molecule has 0 amide bonds. The van der Waals surface area contributed by atoms with E-state index in [-0.39, 0.29) is 12.2 Å². The van der Waals surface area contributed by atoms with Crippen LogP contribution in [0, 0.1) is 0 Å². The van der Waals surface area contributed by atoms with Crippen molar-refractivity contribution in [3.63, 3.8) is 0 Å². The Hall–Kier alpha value is -0.280. The third kappa shape index (κ3) is 3.69. The van der Waals surface area contributed by atoms with Crippen molar-refractivity contribution in [2.45, 2.75) is 18.2 Å². The van der Waals surface area contributed by atoms with Gasteiger partial charge in [-0.2, -0.15) is 0 Å². The second-order valence-corrected chi connectivity index (χ2v) is 2.88. The van der Waals surface area contributed by atoms with Gasteiger partial charge >= 0.3 is 0 Å². The molecular weight excluding hydrogens is 177 g/mol. The minimum Gasteiger partial charge on any atom is -0.411 e. The molecule has 0 rings (SSSR count). The van der Waals surface area contributed by atoms with E-state index in [0.29, 0.717) is 5.71 Å². The Kier molecular flexibility index (Phi) is 4.40. The quantitative estimate of drug-likeness (QED) is 0.313. The molecule has 0 radical (unpaired) electrons. The van der Waals surface area contributed by atoms with Crippen LogP contribution in [0.5, 0.6) is 0 Å². The highest BCUT2D eigenvalue weighted by atomic mass is 35.5. The van der Waals surface area contributed by atoms with E-state index in [0.717, 1.165) is 0 Å². The van der Waals surface area contributed by atoms with Crippen LogP contribution in [0.4, 0.5) is 0 Å². The molecule has 0 aromatic carbocycles. The molecule has 1 N–H and O–H groups in total. The number of carbonyl (C=O) groups excluding carboxylic acids is 1. The number of hydrogen-bond donors (Lipinski definition) is 1. The van der Waals surface area contributed by atoms with Crippen molar-refractivity contribution in [3.05, 3.63) is 0 Å². The lowest BCUT2D eigenvalue weighted by Gasteiger charge is -1.97. The van der Waals surface area contributed by atoms with Crippen molar-refractivity contribution in [1.82, 2.24) is 0 Å². The maximum Gasteiger partial charge on any atom is 0.171 e. The van der Waals surface area contributed by atoms with Gasteiger partial charge in [0.1, 0.15) is 0 Å². The third-order valence-electron chi connectivity index (χ3n) is 0.844. The van der Waals surface area contributed by atoms with Crippen molar-refractivity contribution in [3.8, 4) is 0 Å². The Balaban J connectivity index is 3.81. The van der Waals surface area contributed by atoms with E-state index in [1.165, 1.54) is 6.92 Å². The van der Waals surface area contributed by atoms with E-state index in [4.69, 9.17) is 28.4 Å². The molecule has 0 atom stereocenters. The normalized spacial score (nSPS) is 12.2. The number of rotatable bonds is 3. The molecule has 0 saturated carbocycles. The molecule has 0 fully saturated rings. The van der Waals surface area contributed by atoms with Gasteiger partial charge in [0.25, 0.3) is 0 Å². The minimum absolute atomic E-state index is 0.00579. The number of alkyl halides is 2. The summed E-state index contributed by atoms with van der Waals surface area (Å²) in [7, 11) is 0. The van der Waals surface area contributed by atoms with Gasteiger partial charge in [0, 0.05) is 0 Å². The topological polar surface area (TPSA) is 49.7 Å². The Bertz CT molecular complexity index is 156. The van der Waals surface area contributed by atoms with Gasteiger partial charge in [-0.15, -0.1) is 0 Å². The van der Waals surface area contributed by atoms with Gasteiger partial charge in [0.2, 0.25) is 0 Å². The fourth-order valence-electron chi connectivity index (χ4n) is 0.365. The maximum atomic E-state index is 10.7. The minimum atomic E-state index is -1.03. The molecule has 0 aliphatic carbocycles. The summed E-state index contributed by atoms with van der Waals surface area (Å²) < 4.78 is 0. The molecule has 0 aliphatic rings. The maximum absolute atomic E-state index is 10.7. The van der Waals surface area contributed by atoms with Crippen LogP contribution in [0.25, 0.3) is 0 Å². The van der Waals surface area contributed by atoms with Crippen LogP contribution >= 0.6 is 23.2 Å². The second kappa shape index (κ2) is 4.52. The van der Waals surface area contributed by atoms with Crippen LogP contribution in [-0.2, 0) is 4.79 Å². The molecule has 5 heteroatoms. The van der Waals surface area contributed by atoms with E-state index in [1.807, 2.05) is 0 Å². The molecule has 0 saturated heterocycles. The first-order valence-corrected chi connectivity index (χ1v) is 3.43. The van der Waals surface area contributed by atoms with E-state index in [1.54, 1.807) is 0 Å². The standard InChI is InChI=1S/C5H7Cl2NO2/c1-3(8-10)2-4(9)5(6)7/h5,10H,2H2,1H3/b8-3+. The van der Waals surface area contributed by atoms with Crippen LogP contribution in [0.1, 0.15) is 13.3 Å². The predicted octanol–water partition coefficient (Wildman–Crippen LogP) is 1.60. The van der Waals surface area contributed by atoms with E-state index in [9.17, 15) is 4.79 Å². The molecule has 10 heavy (non-hydrogen) atoms. The van der Waals surface area contributed by atoms with Gasteiger partial charge in [-0.25, -0.2) is 0 Å². The Morgan fingerprint density at radius 3 is 2.50 bits per heavy atom. The predicted molar refractivity (Wildman–Crippen MR) is 40.0 cm³/mol. The van der Waals surface area contributed by atoms with Gasteiger partial charge in [-0.1, -0.05) is 28.4 Å². The van der Waals surface area contributed by atoms with Gasteiger partial charge in [0.05, 0.1) is 12.1 Å². The molecular formula is C5H7Cl2NO2. The Morgan fingerprint density at radius 1 is 1.70 bits per heavy atom. The van der Waals surface area contributed by atoms with Crippen LogP contribution in [-0.4, -0.2) is 21.5 Å². The molecule has 0 unspecified atom stereocenters. The first-order valence-electron chi connectivity index (χ1n) is 2.56. The number of ketones is 1. The summed E-state index contributed by atoms with van der Waals surface area (Å²) in [6.45, 7) is 1.51. The van der Waals surface area contributed by atoms with Crippen LogP contribution in [0.2, 0.25) is 0 Å². The fraction of sp³-hybridized carbons (Fsp3) is 0.600. The first-order chi connectivity index (χ1) is 4.57. The smallest absolute Gasteiger partial charge is 0.171 e. The zero-order valence-electron chi connectivity index (χ0n) is 5.34.